The van der Waals surface area contributed by atoms with Crippen molar-refractivity contribution in [2.75, 3.05) is 26.9 Å². The Hall–Kier alpha value is -3.12. The van der Waals surface area contributed by atoms with Crippen LogP contribution in [0, 0.1) is 12.8 Å². The summed E-state index contributed by atoms with van der Waals surface area (Å²) in [4.78, 5) is 27.5. The number of hydrogen-bond donors (Lipinski definition) is 1. The van der Waals surface area contributed by atoms with Gasteiger partial charge >= 0.3 is 0 Å². The van der Waals surface area contributed by atoms with E-state index in [2.05, 4.69) is 13.8 Å². The smallest absolute Gasteiger partial charge is 0.295 e. The molecule has 1 aliphatic heterocycles. The van der Waals surface area contributed by atoms with E-state index in [0.29, 0.717) is 43.4 Å². The highest BCUT2D eigenvalue weighted by molar-refractivity contribution is 6.46. The minimum Gasteiger partial charge on any atom is -0.507 e. The third kappa shape index (κ3) is 5.02. The Labute approximate surface area is 189 Å². The first-order valence-electron chi connectivity index (χ1n) is 10.9. The number of nitrogens with zero attached hydrogens (tertiary/aromatic N) is 1. The van der Waals surface area contributed by atoms with Crippen molar-refractivity contribution in [3.05, 3.63) is 70.8 Å². The molecule has 1 amide bonds. The largest absolute Gasteiger partial charge is 0.507 e. The number of hydrogen-bond acceptors (Lipinski definition) is 5. The van der Waals surface area contributed by atoms with Gasteiger partial charge in [-0.05, 0) is 48.6 Å². The lowest BCUT2D eigenvalue weighted by molar-refractivity contribution is -0.140. The molecule has 0 aromatic heterocycles. The second-order valence-corrected chi connectivity index (χ2v) is 8.43. The molecule has 32 heavy (non-hydrogen) atoms. The summed E-state index contributed by atoms with van der Waals surface area (Å²) >= 11 is 0. The van der Waals surface area contributed by atoms with Crippen molar-refractivity contribution in [3.63, 3.8) is 0 Å². The molecule has 1 fully saturated rings. The SMILES string of the molecule is COCCCN1C(=O)C(=O)/C(=C(/O)c2ccc(OCC(C)C)cc2C)[C@H]1c1ccccc1. The fourth-order valence-corrected chi connectivity index (χ4v) is 3.87. The molecular weight excluding hydrogens is 406 g/mol. The van der Waals surface area contributed by atoms with Crippen LogP contribution in [-0.4, -0.2) is 48.6 Å². The Morgan fingerprint density at radius 3 is 2.47 bits per heavy atom. The van der Waals surface area contributed by atoms with E-state index in [-0.39, 0.29) is 11.3 Å². The van der Waals surface area contributed by atoms with Gasteiger partial charge in [0.05, 0.1) is 18.2 Å². The van der Waals surface area contributed by atoms with E-state index >= 15 is 0 Å². The first-order valence-corrected chi connectivity index (χ1v) is 10.9. The summed E-state index contributed by atoms with van der Waals surface area (Å²) in [6, 6.07) is 14.0. The molecule has 0 aliphatic carbocycles. The molecule has 1 N–H and O–H groups in total. The molecule has 0 unspecified atom stereocenters. The molecule has 3 rings (SSSR count). The summed E-state index contributed by atoms with van der Waals surface area (Å²) in [6.45, 7) is 7.41. The maximum atomic E-state index is 13.0. The molecule has 0 bridgehead atoms. The Morgan fingerprint density at radius 2 is 1.84 bits per heavy atom. The summed E-state index contributed by atoms with van der Waals surface area (Å²) in [5.41, 5.74) is 2.16. The fourth-order valence-electron chi connectivity index (χ4n) is 3.87. The number of ether oxygens (including phenoxy) is 2. The number of methoxy groups -OCH3 is 1. The molecule has 6 nitrogen and oxygen atoms in total. The number of benzene rings is 2. The van der Waals surface area contributed by atoms with E-state index in [1.807, 2.05) is 43.3 Å². The standard InChI is InChI=1S/C26H31NO5/c1-17(2)16-32-20-11-12-21(18(3)15-20)24(28)22-23(19-9-6-5-7-10-19)27(13-8-14-31-4)26(30)25(22)29/h5-7,9-12,15,17,23,28H,8,13-14,16H2,1-4H3/b24-22+/t23-/m1/s1. The molecular formula is C26H31NO5. The normalized spacial score (nSPS) is 17.9. The highest BCUT2D eigenvalue weighted by atomic mass is 16.5. The molecule has 2 aromatic carbocycles. The van der Waals surface area contributed by atoms with Crippen LogP contribution in [0.5, 0.6) is 5.75 Å². The molecule has 6 heteroatoms. The van der Waals surface area contributed by atoms with Gasteiger partial charge in [0.25, 0.3) is 11.7 Å². The van der Waals surface area contributed by atoms with Crippen molar-refractivity contribution < 1.29 is 24.2 Å². The molecule has 0 spiro atoms. The second kappa shape index (κ2) is 10.5. The van der Waals surface area contributed by atoms with Crippen molar-refractivity contribution in [2.24, 2.45) is 5.92 Å². The number of aryl methyl sites for hydroxylation is 1. The molecule has 0 radical (unpaired) electrons. The van der Waals surface area contributed by atoms with E-state index in [9.17, 15) is 14.7 Å². The van der Waals surface area contributed by atoms with Gasteiger partial charge in [-0.1, -0.05) is 44.2 Å². The molecule has 1 heterocycles. The van der Waals surface area contributed by atoms with E-state index < -0.39 is 17.7 Å². The summed E-state index contributed by atoms with van der Waals surface area (Å²) < 4.78 is 10.9. The van der Waals surface area contributed by atoms with Crippen LogP contribution < -0.4 is 4.74 Å². The maximum absolute atomic E-state index is 13.0. The number of carbonyl (C=O) groups excluding carboxylic acids is 2. The van der Waals surface area contributed by atoms with Crippen LogP contribution >= 0.6 is 0 Å². The van der Waals surface area contributed by atoms with Crippen LogP contribution in [0.25, 0.3) is 5.76 Å². The van der Waals surface area contributed by atoms with Gasteiger partial charge in [0.15, 0.2) is 0 Å². The van der Waals surface area contributed by atoms with E-state index in [4.69, 9.17) is 9.47 Å². The first kappa shape index (κ1) is 23.5. The lowest BCUT2D eigenvalue weighted by Gasteiger charge is -2.25. The van der Waals surface area contributed by atoms with E-state index in [1.54, 1.807) is 19.2 Å². The average Bonchev–Trinajstić information content (AvgIpc) is 3.03. The molecule has 1 aliphatic rings. The summed E-state index contributed by atoms with van der Waals surface area (Å²) in [6.07, 6.45) is 0.591. The number of rotatable bonds is 9. The highest BCUT2D eigenvalue weighted by Crippen LogP contribution is 2.40. The lowest BCUT2D eigenvalue weighted by atomic mass is 9.94. The third-order valence-electron chi connectivity index (χ3n) is 5.44. The number of amides is 1. The highest BCUT2D eigenvalue weighted by Gasteiger charge is 2.45. The van der Waals surface area contributed by atoms with Crippen LogP contribution in [0.2, 0.25) is 0 Å². The summed E-state index contributed by atoms with van der Waals surface area (Å²) in [5.74, 6) is -0.352. The Balaban J connectivity index is 2.04. The van der Waals surface area contributed by atoms with Crippen LogP contribution in [-0.2, 0) is 14.3 Å². The van der Waals surface area contributed by atoms with Gasteiger partial charge in [-0.3, -0.25) is 9.59 Å². The van der Waals surface area contributed by atoms with Crippen molar-refractivity contribution in [2.45, 2.75) is 33.2 Å². The molecule has 1 atom stereocenters. The van der Waals surface area contributed by atoms with Crippen LogP contribution in [0.1, 0.15) is 43.0 Å². The topological polar surface area (TPSA) is 76.1 Å². The molecule has 170 valence electrons. The fraction of sp³-hybridized carbons (Fsp3) is 0.385. The predicted octanol–water partition coefficient (Wildman–Crippen LogP) is 4.49. The minimum atomic E-state index is -0.673. The first-order chi connectivity index (χ1) is 15.3. The van der Waals surface area contributed by atoms with E-state index in [1.165, 1.54) is 4.90 Å². The Kier molecular flexibility index (Phi) is 7.70. The van der Waals surface area contributed by atoms with Crippen LogP contribution in [0.3, 0.4) is 0 Å². The molecule has 2 aromatic rings. The molecule has 0 saturated carbocycles. The maximum Gasteiger partial charge on any atom is 0.295 e. The van der Waals surface area contributed by atoms with Gasteiger partial charge in [0.1, 0.15) is 11.5 Å². The summed E-state index contributed by atoms with van der Waals surface area (Å²) in [7, 11) is 1.60. The van der Waals surface area contributed by atoms with Gasteiger partial charge in [-0.2, -0.15) is 0 Å². The Morgan fingerprint density at radius 1 is 1.12 bits per heavy atom. The average molecular weight is 438 g/mol. The third-order valence-corrected chi connectivity index (χ3v) is 5.44. The zero-order valence-electron chi connectivity index (χ0n) is 19.1. The minimum absolute atomic E-state index is 0.109. The van der Waals surface area contributed by atoms with Crippen molar-refractivity contribution >= 4 is 17.4 Å². The number of aliphatic hydroxyl groups is 1. The zero-order chi connectivity index (χ0) is 23.3. The quantitative estimate of drug-likeness (QED) is 0.271. The zero-order valence-corrected chi connectivity index (χ0v) is 19.1. The summed E-state index contributed by atoms with van der Waals surface area (Å²) in [5, 5.41) is 11.2. The van der Waals surface area contributed by atoms with Gasteiger partial charge in [0, 0.05) is 25.8 Å². The van der Waals surface area contributed by atoms with Crippen molar-refractivity contribution in [1.29, 1.82) is 0 Å². The predicted molar refractivity (Wildman–Crippen MR) is 123 cm³/mol. The monoisotopic (exact) mass is 437 g/mol. The van der Waals surface area contributed by atoms with Gasteiger partial charge in [-0.15, -0.1) is 0 Å². The van der Waals surface area contributed by atoms with Gasteiger partial charge < -0.3 is 19.5 Å². The number of carbonyl (C=O) groups is 2. The van der Waals surface area contributed by atoms with Crippen molar-refractivity contribution in [3.8, 4) is 5.75 Å². The van der Waals surface area contributed by atoms with Crippen molar-refractivity contribution in [1.82, 2.24) is 4.90 Å². The number of likely N-dealkylation sites (tertiary alicyclic amines) is 1. The number of ketones is 1. The Bertz CT molecular complexity index is 997. The van der Waals surface area contributed by atoms with Gasteiger partial charge in [-0.25, -0.2) is 0 Å². The van der Waals surface area contributed by atoms with Crippen LogP contribution in [0.15, 0.2) is 54.1 Å². The molecule has 1 saturated heterocycles. The number of Topliss-reactive ketones (excluding diaryl/α,β-unsaturated/α-hetero) is 1. The van der Waals surface area contributed by atoms with Crippen LogP contribution in [0.4, 0.5) is 0 Å². The van der Waals surface area contributed by atoms with Gasteiger partial charge in [0.2, 0.25) is 0 Å². The van der Waals surface area contributed by atoms with E-state index in [0.717, 1.165) is 11.1 Å². The second-order valence-electron chi connectivity index (χ2n) is 8.43. The number of aliphatic hydroxyl groups excluding tert-OH is 1. The lowest BCUT2D eigenvalue weighted by Crippen LogP contribution is -2.31.